The number of allylic oxidation sites excluding steroid dienone is 3. The first-order valence-electron chi connectivity index (χ1n) is 13.5. The first-order chi connectivity index (χ1) is 16.2. The van der Waals surface area contributed by atoms with Crippen molar-refractivity contribution in [1.82, 2.24) is 10.2 Å². The molecule has 1 amide bonds. The molecular formula is C29H47N3O2. The highest BCUT2D eigenvalue weighted by atomic mass is 16.6. The summed E-state index contributed by atoms with van der Waals surface area (Å²) in [6.45, 7) is 16.2. The summed E-state index contributed by atoms with van der Waals surface area (Å²) in [5.74, 6) is 1.51. The average molecular weight is 470 g/mol. The summed E-state index contributed by atoms with van der Waals surface area (Å²) < 4.78 is 5.63. The van der Waals surface area contributed by atoms with Crippen molar-refractivity contribution in [2.75, 3.05) is 13.1 Å². The lowest BCUT2D eigenvalue weighted by Crippen LogP contribution is -2.37. The Bertz CT molecular complexity index is 799. The molecule has 3 aliphatic rings. The maximum Gasteiger partial charge on any atom is 0.410 e. The van der Waals surface area contributed by atoms with Crippen molar-refractivity contribution in [1.29, 1.82) is 0 Å². The van der Waals surface area contributed by atoms with Gasteiger partial charge in [0.1, 0.15) is 5.60 Å². The van der Waals surface area contributed by atoms with Crippen molar-refractivity contribution in [3.05, 3.63) is 36.2 Å². The van der Waals surface area contributed by atoms with Crippen molar-refractivity contribution in [3.8, 4) is 0 Å². The molecule has 1 saturated carbocycles. The Morgan fingerprint density at radius 1 is 1.18 bits per heavy atom. The van der Waals surface area contributed by atoms with E-state index in [1.807, 2.05) is 25.7 Å². The number of aliphatic imine (C=N–C) groups is 1. The van der Waals surface area contributed by atoms with Gasteiger partial charge in [-0.05, 0) is 88.7 Å². The van der Waals surface area contributed by atoms with Crippen molar-refractivity contribution < 1.29 is 9.53 Å². The van der Waals surface area contributed by atoms with E-state index in [-0.39, 0.29) is 6.09 Å². The van der Waals surface area contributed by atoms with Crippen LogP contribution < -0.4 is 5.32 Å². The minimum atomic E-state index is -0.453. The first kappa shape index (κ1) is 26.6. The molecule has 3 unspecified atom stereocenters. The van der Waals surface area contributed by atoms with Crippen LogP contribution in [0.1, 0.15) is 92.4 Å². The topological polar surface area (TPSA) is 53.9 Å². The summed E-state index contributed by atoms with van der Waals surface area (Å²) in [5.41, 5.74) is 2.86. The largest absolute Gasteiger partial charge is 0.444 e. The summed E-state index contributed by atoms with van der Waals surface area (Å²) in [7, 11) is 0. The summed E-state index contributed by atoms with van der Waals surface area (Å²) in [6.07, 6.45) is 17.0. The molecule has 2 heterocycles. The lowest BCUT2D eigenvalue weighted by Gasteiger charge is -2.26. The van der Waals surface area contributed by atoms with Crippen LogP contribution in [0.25, 0.3) is 0 Å². The molecule has 0 aromatic rings. The molecule has 0 bridgehead atoms. The van der Waals surface area contributed by atoms with Crippen LogP contribution in [0.5, 0.6) is 0 Å². The van der Waals surface area contributed by atoms with E-state index < -0.39 is 5.60 Å². The van der Waals surface area contributed by atoms with Crippen LogP contribution in [0.4, 0.5) is 4.79 Å². The number of nitrogens with zero attached hydrogens (tertiary/aromatic N) is 2. The highest BCUT2D eigenvalue weighted by Crippen LogP contribution is 2.34. The highest BCUT2D eigenvalue weighted by Gasteiger charge is 2.30. The smallest absolute Gasteiger partial charge is 0.410 e. The predicted molar refractivity (Wildman–Crippen MR) is 142 cm³/mol. The van der Waals surface area contributed by atoms with Crippen LogP contribution in [0.2, 0.25) is 0 Å². The molecular weight excluding hydrogens is 422 g/mol. The Labute approximate surface area is 207 Å². The molecule has 5 nitrogen and oxygen atoms in total. The number of hydrogen-bond donors (Lipinski definition) is 1. The molecule has 5 heteroatoms. The van der Waals surface area contributed by atoms with Gasteiger partial charge in [-0.25, -0.2) is 4.79 Å². The Kier molecular flexibility index (Phi) is 9.44. The molecule has 3 rings (SSSR count). The van der Waals surface area contributed by atoms with E-state index in [9.17, 15) is 4.79 Å². The second-order valence-corrected chi connectivity index (χ2v) is 11.5. The van der Waals surface area contributed by atoms with Crippen molar-refractivity contribution >= 4 is 11.8 Å². The van der Waals surface area contributed by atoms with Crippen LogP contribution in [0, 0.1) is 17.8 Å². The van der Waals surface area contributed by atoms with Gasteiger partial charge in [0.05, 0.1) is 11.4 Å². The van der Waals surface area contributed by atoms with E-state index in [0.29, 0.717) is 23.8 Å². The maximum absolute atomic E-state index is 12.6. The average Bonchev–Trinajstić information content (AvgIpc) is 3.10. The zero-order valence-electron chi connectivity index (χ0n) is 22.2. The van der Waals surface area contributed by atoms with E-state index in [4.69, 9.17) is 9.73 Å². The molecule has 1 saturated heterocycles. The zero-order chi connectivity index (χ0) is 24.7. The standard InChI is InChI=1S/C29H47N3O2/c1-7-23-13-14-27(22(3)31-26-11-9-8-10-12-26)30-20-25(23)19-24-16-18-32(17-15-21(24)2)28(33)34-29(4,5)6/h13-14,20-21,23-24,26,31H,3,7-12,15-19H2,1-2,4-6H3. The van der Waals surface area contributed by atoms with E-state index >= 15 is 0 Å². The number of rotatable bonds is 6. The Morgan fingerprint density at radius 2 is 1.88 bits per heavy atom. The van der Waals surface area contributed by atoms with Gasteiger partial charge in [0.15, 0.2) is 0 Å². The van der Waals surface area contributed by atoms with Gasteiger partial charge in [-0.3, -0.25) is 4.99 Å². The third kappa shape index (κ3) is 7.74. The number of hydrogen-bond acceptors (Lipinski definition) is 4. The molecule has 1 aliphatic carbocycles. The van der Waals surface area contributed by atoms with E-state index in [2.05, 4.69) is 44.1 Å². The summed E-state index contributed by atoms with van der Waals surface area (Å²) in [5, 5.41) is 3.64. The molecule has 190 valence electrons. The first-order valence-corrected chi connectivity index (χ1v) is 13.5. The summed E-state index contributed by atoms with van der Waals surface area (Å²) in [6, 6.07) is 0.533. The van der Waals surface area contributed by atoms with E-state index in [1.165, 1.54) is 37.7 Å². The third-order valence-corrected chi connectivity index (χ3v) is 7.64. The van der Waals surface area contributed by atoms with Gasteiger partial charge < -0.3 is 15.0 Å². The van der Waals surface area contributed by atoms with Gasteiger partial charge in [0.2, 0.25) is 0 Å². The molecule has 34 heavy (non-hydrogen) atoms. The highest BCUT2D eigenvalue weighted by molar-refractivity contribution is 6.08. The molecule has 0 spiro atoms. The Hall–Kier alpha value is -2.04. The number of amides is 1. The lowest BCUT2D eigenvalue weighted by atomic mass is 9.81. The van der Waals surface area contributed by atoms with Gasteiger partial charge in [-0.15, -0.1) is 0 Å². The fourth-order valence-electron chi connectivity index (χ4n) is 5.40. The van der Waals surface area contributed by atoms with Gasteiger partial charge in [-0.2, -0.15) is 0 Å². The molecule has 1 N–H and O–H groups in total. The van der Waals surface area contributed by atoms with Crippen LogP contribution in [-0.2, 0) is 4.74 Å². The molecule has 0 aromatic heterocycles. The Morgan fingerprint density at radius 3 is 2.56 bits per heavy atom. The van der Waals surface area contributed by atoms with Gasteiger partial charge in [-0.1, -0.05) is 45.8 Å². The number of carbonyl (C=O) groups excluding carboxylic acids is 1. The number of carbonyl (C=O) groups is 1. The fourth-order valence-corrected chi connectivity index (χ4v) is 5.40. The Balaban J connectivity index is 1.64. The minimum absolute atomic E-state index is 0.179. The second-order valence-electron chi connectivity index (χ2n) is 11.5. The molecule has 0 aromatic carbocycles. The molecule has 2 fully saturated rings. The minimum Gasteiger partial charge on any atom is -0.444 e. The lowest BCUT2D eigenvalue weighted by molar-refractivity contribution is 0.0254. The van der Waals surface area contributed by atoms with Crippen molar-refractivity contribution in [2.24, 2.45) is 22.7 Å². The van der Waals surface area contributed by atoms with Crippen LogP contribution in [0.15, 0.2) is 41.2 Å². The second kappa shape index (κ2) is 12.1. The van der Waals surface area contributed by atoms with Crippen LogP contribution in [0.3, 0.4) is 0 Å². The van der Waals surface area contributed by atoms with Gasteiger partial charge >= 0.3 is 6.09 Å². The van der Waals surface area contributed by atoms with E-state index in [1.54, 1.807) is 0 Å². The van der Waals surface area contributed by atoms with Crippen molar-refractivity contribution in [2.45, 2.75) is 104 Å². The quantitative estimate of drug-likeness (QED) is 0.455. The maximum atomic E-state index is 12.6. The number of nitrogens with one attached hydrogen (secondary N) is 1. The summed E-state index contributed by atoms with van der Waals surface area (Å²) >= 11 is 0. The monoisotopic (exact) mass is 469 g/mol. The van der Waals surface area contributed by atoms with Crippen molar-refractivity contribution in [3.63, 3.8) is 0 Å². The molecule has 3 atom stereocenters. The number of likely N-dealkylation sites (tertiary alicyclic amines) is 1. The van der Waals surface area contributed by atoms with Crippen LogP contribution in [-0.4, -0.2) is 41.4 Å². The third-order valence-electron chi connectivity index (χ3n) is 7.64. The molecule has 2 aliphatic heterocycles. The zero-order valence-corrected chi connectivity index (χ0v) is 22.2. The van der Waals surface area contributed by atoms with Crippen LogP contribution >= 0.6 is 0 Å². The van der Waals surface area contributed by atoms with Gasteiger partial charge in [0, 0.05) is 25.3 Å². The fraction of sp³-hybridized carbons (Fsp3) is 0.724. The summed E-state index contributed by atoms with van der Waals surface area (Å²) in [4.78, 5) is 19.4. The molecule has 0 radical (unpaired) electrons. The van der Waals surface area contributed by atoms with E-state index in [0.717, 1.165) is 50.2 Å². The van der Waals surface area contributed by atoms with Gasteiger partial charge in [0.25, 0.3) is 0 Å². The number of ether oxygens (including phenoxy) is 1. The normalized spacial score (nSPS) is 26.7. The SMILES string of the molecule is C=C(NC1CCCCC1)C1=NC=C(CC2CCN(C(=O)OC(C)(C)C)CCC2C)C(CC)C=C1. The predicted octanol–water partition coefficient (Wildman–Crippen LogP) is 7.02.